The van der Waals surface area contributed by atoms with Crippen LogP contribution in [0.4, 0.5) is 5.82 Å². The second kappa shape index (κ2) is 6.96. The number of aryl methyl sites for hydroxylation is 2. The number of thiocarbonyl (C=S) groups is 1. The van der Waals surface area contributed by atoms with Crippen LogP contribution in [0, 0.1) is 0 Å². The molecule has 0 amide bonds. The predicted octanol–water partition coefficient (Wildman–Crippen LogP) is 3.77. The van der Waals surface area contributed by atoms with Crippen LogP contribution in [0.25, 0.3) is 0 Å². The summed E-state index contributed by atoms with van der Waals surface area (Å²) in [5.41, 5.74) is 2.80. The van der Waals surface area contributed by atoms with Crippen LogP contribution in [0.15, 0.2) is 36.4 Å². The number of aromatic nitrogens is 1. The summed E-state index contributed by atoms with van der Waals surface area (Å²) in [6.07, 6.45) is 4.80. The van der Waals surface area contributed by atoms with E-state index in [1.807, 2.05) is 25.2 Å². The lowest BCUT2D eigenvalue weighted by Gasteiger charge is -2.21. The molecule has 1 aliphatic carbocycles. The van der Waals surface area contributed by atoms with Gasteiger partial charge in [0.25, 0.3) is 5.17 Å². The van der Waals surface area contributed by atoms with E-state index in [1.165, 1.54) is 24.0 Å². The number of nitrogens with zero attached hydrogens (tertiary/aromatic N) is 2. The molecular weight excluding hydrogens is 308 g/mol. The minimum Gasteiger partial charge on any atom is -0.481 e. The van der Waals surface area contributed by atoms with Crippen LogP contribution < -0.4 is 14.4 Å². The second-order valence-corrected chi connectivity index (χ2v) is 5.95. The van der Waals surface area contributed by atoms with Crippen molar-refractivity contribution >= 4 is 23.2 Å². The largest absolute Gasteiger partial charge is 0.481 e. The lowest BCUT2D eigenvalue weighted by molar-refractivity contribution is 0.398. The number of hydrogen-bond donors (Lipinski definition) is 0. The first-order chi connectivity index (χ1) is 11.2. The van der Waals surface area contributed by atoms with Crippen LogP contribution in [-0.2, 0) is 12.8 Å². The minimum atomic E-state index is 0.363. The number of rotatable bonds is 3. The molecule has 0 saturated heterocycles. The van der Waals surface area contributed by atoms with E-state index >= 15 is 0 Å². The topological polar surface area (TPSA) is 34.6 Å². The molecule has 2 aromatic rings. The Balaban J connectivity index is 1.73. The van der Waals surface area contributed by atoms with Gasteiger partial charge < -0.3 is 9.47 Å². The fourth-order valence-electron chi connectivity index (χ4n) is 2.74. The van der Waals surface area contributed by atoms with Crippen molar-refractivity contribution in [2.75, 3.05) is 19.1 Å². The van der Waals surface area contributed by atoms with E-state index in [0.29, 0.717) is 16.9 Å². The zero-order chi connectivity index (χ0) is 16.2. The summed E-state index contributed by atoms with van der Waals surface area (Å²) < 4.78 is 11.0. The van der Waals surface area contributed by atoms with Gasteiger partial charge in [-0.1, -0.05) is 12.1 Å². The minimum absolute atomic E-state index is 0.363. The quantitative estimate of drug-likeness (QED) is 0.801. The van der Waals surface area contributed by atoms with Gasteiger partial charge in [0, 0.05) is 13.1 Å². The molecule has 0 aliphatic heterocycles. The van der Waals surface area contributed by atoms with Crippen LogP contribution in [0.5, 0.6) is 11.6 Å². The van der Waals surface area contributed by atoms with Gasteiger partial charge in [0.1, 0.15) is 11.6 Å². The summed E-state index contributed by atoms with van der Waals surface area (Å²) in [7, 11) is 3.43. The van der Waals surface area contributed by atoms with Crippen LogP contribution >= 0.6 is 12.2 Å². The number of pyridine rings is 1. The monoisotopic (exact) mass is 328 g/mol. The first-order valence-corrected chi connectivity index (χ1v) is 8.16. The smallest absolute Gasteiger partial charge is 0.270 e. The Bertz CT molecular complexity index is 718. The van der Waals surface area contributed by atoms with Crippen LogP contribution in [0.3, 0.4) is 0 Å². The third kappa shape index (κ3) is 3.62. The van der Waals surface area contributed by atoms with Crippen molar-refractivity contribution < 1.29 is 9.47 Å². The summed E-state index contributed by atoms with van der Waals surface area (Å²) in [6, 6.07) is 11.8. The summed E-state index contributed by atoms with van der Waals surface area (Å²) in [5, 5.41) is 0.363. The van der Waals surface area contributed by atoms with E-state index in [1.54, 1.807) is 18.1 Å². The Hall–Kier alpha value is -2.14. The highest BCUT2D eigenvalue weighted by Crippen LogP contribution is 2.26. The standard InChI is InChI=1S/C18H20N2O2S/c1-20(16-8-5-9-17(19-16)21-2)18(23)22-15-11-10-13-6-3-4-7-14(13)12-15/h5,8-12H,3-4,6-7H2,1-2H3. The number of methoxy groups -OCH3 is 1. The van der Waals surface area contributed by atoms with Gasteiger partial charge in [0.05, 0.1) is 7.11 Å². The van der Waals surface area contributed by atoms with Gasteiger partial charge >= 0.3 is 0 Å². The van der Waals surface area contributed by atoms with Crippen molar-refractivity contribution in [1.82, 2.24) is 4.98 Å². The SMILES string of the molecule is COc1cccc(N(C)C(=S)Oc2ccc3c(c2)CCCC3)n1. The van der Waals surface area contributed by atoms with Crippen LogP contribution in [0.1, 0.15) is 24.0 Å². The summed E-state index contributed by atoms with van der Waals surface area (Å²) >= 11 is 5.40. The number of hydrogen-bond acceptors (Lipinski definition) is 4. The van der Waals surface area contributed by atoms with E-state index in [2.05, 4.69) is 17.1 Å². The van der Waals surface area contributed by atoms with Gasteiger partial charge in [-0.05, 0) is 67.2 Å². The fraction of sp³-hybridized carbons (Fsp3) is 0.333. The molecule has 1 aromatic carbocycles. The van der Waals surface area contributed by atoms with Crippen molar-refractivity contribution in [2.24, 2.45) is 0 Å². The van der Waals surface area contributed by atoms with Crippen molar-refractivity contribution in [3.63, 3.8) is 0 Å². The molecule has 0 radical (unpaired) electrons. The van der Waals surface area contributed by atoms with Gasteiger partial charge in [-0.15, -0.1) is 0 Å². The van der Waals surface area contributed by atoms with E-state index in [4.69, 9.17) is 21.7 Å². The molecule has 3 rings (SSSR count). The molecule has 23 heavy (non-hydrogen) atoms. The van der Waals surface area contributed by atoms with E-state index in [-0.39, 0.29) is 0 Å². The van der Waals surface area contributed by atoms with E-state index in [0.717, 1.165) is 18.6 Å². The average molecular weight is 328 g/mol. The lowest BCUT2D eigenvalue weighted by atomic mass is 9.92. The Morgan fingerprint density at radius 3 is 2.70 bits per heavy atom. The van der Waals surface area contributed by atoms with Gasteiger partial charge in [-0.3, -0.25) is 4.90 Å². The molecule has 0 N–H and O–H groups in total. The maximum Gasteiger partial charge on any atom is 0.270 e. The summed E-state index contributed by atoms with van der Waals surface area (Å²) in [5.74, 6) is 2.02. The van der Waals surface area contributed by atoms with Gasteiger partial charge in [-0.25, -0.2) is 0 Å². The fourth-order valence-corrected chi connectivity index (χ4v) is 2.93. The highest BCUT2D eigenvalue weighted by atomic mass is 32.1. The molecule has 4 nitrogen and oxygen atoms in total. The Kier molecular flexibility index (Phi) is 4.76. The van der Waals surface area contributed by atoms with Crippen LogP contribution in [0.2, 0.25) is 0 Å². The first kappa shape index (κ1) is 15.7. The Morgan fingerprint density at radius 1 is 1.13 bits per heavy atom. The normalized spacial score (nSPS) is 13.1. The first-order valence-electron chi connectivity index (χ1n) is 7.76. The molecule has 120 valence electrons. The second-order valence-electron chi connectivity index (χ2n) is 5.60. The molecule has 0 saturated carbocycles. The lowest BCUT2D eigenvalue weighted by Crippen LogP contribution is -2.30. The summed E-state index contributed by atoms with van der Waals surface area (Å²) in [6.45, 7) is 0. The molecule has 5 heteroatoms. The maximum absolute atomic E-state index is 5.85. The molecule has 1 aromatic heterocycles. The maximum atomic E-state index is 5.85. The highest BCUT2D eigenvalue weighted by molar-refractivity contribution is 7.80. The molecule has 1 aliphatic rings. The van der Waals surface area contributed by atoms with Gasteiger partial charge in [0.2, 0.25) is 5.88 Å². The zero-order valence-corrected chi connectivity index (χ0v) is 14.2. The molecule has 0 spiro atoms. The van der Waals surface area contributed by atoms with E-state index < -0.39 is 0 Å². The molecule has 0 fully saturated rings. The van der Waals surface area contributed by atoms with Crippen molar-refractivity contribution in [3.05, 3.63) is 47.5 Å². The van der Waals surface area contributed by atoms with Crippen molar-refractivity contribution in [1.29, 1.82) is 0 Å². The van der Waals surface area contributed by atoms with Gasteiger partial charge in [0.15, 0.2) is 0 Å². The molecular formula is C18H20N2O2S. The van der Waals surface area contributed by atoms with Crippen LogP contribution in [-0.4, -0.2) is 24.3 Å². The average Bonchev–Trinajstić information content (AvgIpc) is 2.61. The Morgan fingerprint density at radius 2 is 1.91 bits per heavy atom. The van der Waals surface area contributed by atoms with Crippen molar-refractivity contribution in [3.8, 4) is 11.6 Å². The number of anilines is 1. The molecule has 0 unspecified atom stereocenters. The molecule has 0 atom stereocenters. The molecule has 1 heterocycles. The third-order valence-corrected chi connectivity index (χ3v) is 4.42. The Labute approximate surface area is 142 Å². The number of ether oxygens (including phenoxy) is 2. The highest BCUT2D eigenvalue weighted by Gasteiger charge is 2.14. The molecule has 0 bridgehead atoms. The van der Waals surface area contributed by atoms with Gasteiger partial charge in [-0.2, -0.15) is 4.98 Å². The third-order valence-electron chi connectivity index (χ3n) is 4.06. The predicted molar refractivity (Wildman–Crippen MR) is 95.5 cm³/mol. The summed E-state index contributed by atoms with van der Waals surface area (Å²) in [4.78, 5) is 6.09. The number of fused-ring (bicyclic) bond motifs is 1. The number of benzene rings is 1. The van der Waals surface area contributed by atoms with E-state index in [9.17, 15) is 0 Å². The zero-order valence-electron chi connectivity index (χ0n) is 13.4. The van der Waals surface area contributed by atoms with Crippen molar-refractivity contribution in [2.45, 2.75) is 25.7 Å².